The number of carbonyl (C=O) groups excluding carboxylic acids is 2. The Morgan fingerprint density at radius 1 is 1.45 bits per heavy atom. The molecule has 1 aliphatic rings. The van der Waals surface area contributed by atoms with E-state index in [1.165, 1.54) is 29.5 Å². The minimum absolute atomic E-state index is 0.193. The molecule has 3 heterocycles. The van der Waals surface area contributed by atoms with Gasteiger partial charge in [0.1, 0.15) is 20.6 Å². The van der Waals surface area contributed by atoms with Gasteiger partial charge >= 0.3 is 5.97 Å². The minimum atomic E-state index is -0.485. The van der Waals surface area contributed by atoms with Crippen LogP contribution < -0.4 is 5.32 Å². The number of thiophene rings is 1. The van der Waals surface area contributed by atoms with Gasteiger partial charge in [0.2, 0.25) is 5.91 Å². The molecule has 9 heteroatoms. The molecule has 1 unspecified atom stereocenters. The number of thiocarbonyl (C=S) groups is 1. The summed E-state index contributed by atoms with van der Waals surface area (Å²) in [6, 6.07) is 3.93. The number of piperidine rings is 1. The van der Waals surface area contributed by atoms with Gasteiger partial charge in [-0.05, 0) is 45.2 Å². The molecule has 0 bridgehead atoms. The molecule has 1 saturated heterocycles. The van der Waals surface area contributed by atoms with Crippen LogP contribution in [0.5, 0.6) is 0 Å². The Labute approximate surface area is 184 Å². The molecule has 1 fully saturated rings. The van der Waals surface area contributed by atoms with E-state index >= 15 is 0 Å². The Bertz CT molecular complexity index is 863. The van der Waals surface area contributed by atoms with Crippen molar-refractivity contribution in [3.8, 4) is 11.3 Å². The highest BCUT2D eigenvalue weighted by molar-refractivity contribution is 8.23. The van der Waals surface area contributed by atoms with Crippen LogP contribution in [0.4, 0.5) is 5.00 Å². The van der Waals surface area contributed by atoms with Gasteiger partial charge in [0.15, 0.2) is 0 Å². The fraction of sp³-hybridized carbons (Fsp3) is 0.450. The molecule has 3 rings (SSSR count). The smallest absolute Gasteiger partial charge is 0.341 e. The predicted molar refractivity (Wildman–Crippen MR) is 122 cm³/mol. The van der Waals surface area contributed by atoms with Gasteiger partial charge in [-0.25, -0.2) is 4.79 Å². The summed E-state index contributed by atoms with van der Waals surface area (Å²) < 4.78 is 11.4. The highest BCUT2D eigenvalue weighted by atomic mass is 32.2. The second-order valence-corrected chi connectivity index (χ2v) is 9.18. The zero-order chi connectivity index (χ0) is 20.8. The van der Waals surface area contributed by atoms with Crippen molar-refractivity contribution in [1.82, 2.24) is 4.90 Å². The van der Waals surface area contributed by atoms with E-state index in [1.807, 2.05) is 0 Å². The highest BCUT2D eigenvalue weighted by Gasteiger charge is 2.25. The van der Waals surface area contributed by atoms with Gasteiger partial charge in [-0.3, -0.25) is 4.79 Å². The average molecular weight is 453 g/mol. The Kier molecular flexibility index (Phi) is 7.74. The number of anilines is 1. The van der Waals surface area contributed by atoms with E-state index in [2.05, 4.69) is 17.1 Å². The molecule has 1 aliphatic heterocycles. The minimum Gasteiger partial charge on any atom is -0.464 e. The normalized spacial score (nSPS) is 16.5. The molecule has 0 spiro atoms. The van der Waals surface area contributed by atoms with Crippen LogP contribution >= 0.6 is 35.3 Å². The molecular weight excluding hydrogens is 428 g/mol. The first-order valence-electron chi connectivity index (χ1n) is 9.57. The van der Waals surface area contributed by atoms with Crippen molar-refractivity contribution in [2.45, 2.75) is 39.2 Å². The largest absolute Gasteiger partial charge is 0.464 e. The van der Waals surface area contributed by atoms with Gasteiger partial charge < -0.3 is 19.4 Å². The van der Waals surface area contributed by atoms with Crippen molar-refractivity contribution in [3.05, 3.63) is 29.3 Å². The summed E-state index contributed by atoms with van der Waals surface area (Å²) in [7, 11) is 0. The van der Waals surface area contributed by atoms with Crippen LogP contribution in [-0.2, 0) is 9.53 Å². The first kappa shape index (κ1) is 21.9. The predicted octanol–water partition coefficient (Wildman–Crippen LogP) is 5.02. The maximum Gasteiger partial charge on any atom is 0.341 e. The number of ether oxygens (including phenoxy) is 1. The molecule has 0 aliphatic carbocycles. The quantitative estimate of drug-likeness (QED) is 0.487. The summed E-state index contributed by atoms with van der Waals surface area (Å²) in [5, 5.41) is 5.08. The summed E-state index contributed by atoms with van der Waals surface area (Å²) in [6.07, 6.45) is 5.02. The number of esters is 1. The maximum absolute atomic E-state index is 12.5. The van der Waals surface area contributed by atoms with Crippen LogP contribution in [0.3, 0.4) is 0 Å². The first-order valence-corrected chi connectivity index (χ1v) is 11.8. The molecule has 1 N–H and O–H groups in total. The average Bonchev–Trinajstić information content (AvgIpc) is 3.36. The van der Waals surface area contributed by atoms with E-state index in [-0.39, 0.29) is 18.3 Å². The molecule has 1 atom stereocenters. The summed E-state index contributed by atoms with van der Waals surface area (Å²) in [5.74, 6) is 0.0544. The Morgan fingerprint density at radius 2 is 2.28 bits per heavy atom. The number of thioether (sulfide) groups is 1. The van der Waals surface area contributed by atoms with Gasteiger partial charge in [-0.1, -0.05) is 24.0 Å². The van der Waals surface area contributed by atoms with Crippen molar-refractivity contribution in [3.63, 3.8) is 0 Å². The van der Waals surface area contributed by atoms with Crippen LogP contribution in [0.1, 0.15) is 43.5 Å². The Balaban J connectivity index is 1.66. The fourth-order valence-corrected chi connectivity index (χ4v) is 5.38. The summed E-state index contributed by atoms with van der Waals surface area (Å²) in [5.41, 5.74) is 0.927. The maximum atomic E-state index is 12.5. The molecule has 6 nitrogen and oxygen atoms in total. The number of rotatable bonds is 6. The van der Waals surface area contributed by atoms with Crippen molar-refractivity contribution >= 4 is 56.5 Å². The topological polar surface area (TPSA) is 71.8 Å². The number of carbonyl (C=O) groups is 2. The molecule has 0 radical (unpaired) electrons. The van der Waals surface area contributed by atoms with Crippen LogP contribution in [0.25, 0.3) is 11.3 Å². The van der Waals surface area contributed by atoms with Crippen LogP contribution in [0, 0.1) is 0 Å². The molecule has 0 aromatic carbocycles. The Morgan fingerprint density at radius 3 is 2.97 bits per heavy atom. The van der Waals surface area contributed by atoms with Gasteiger partial charge in [-0.15, -0.1) is 11.3 Å². The number of hydrogen-bond donors (Lipinski definition) is 1. The lowest BCUT2D eigenvalue weighted by molar-refractivity contribution is -0.113. The van der Waals surface area contributed by atoms with E-state index in [1.54, 1.807) is 30.7 Å². The third-order valence-electron chi connectivity index (χ3n) is 4.67. The second-order valence-electron chi connectivity index (χ2n) is 6.69. The molecule has 2 aromatic heterocycles. The molecular formula is C20H24N2O4S3. The number of hydrogen-bond acceptors (Lipinski definition) is 7. The van der Waals surface area contributed by atoms with Gasteiger partial charge in [0, 0.05) is 23.5 Å². The summed E-state index contributed by atoms with van der Waals surface area (Å²) in [6.45, 7) is 5.10. The van der Waals surface area contributed by atoms with E-state index in [9.17, 15) is 9.59 Å². The third-order valence-corrected chi connectivity index (χ3v) is 7.05. The summed E-state index contributed by atoms with van der Waals surface area (Å²) >= 11 is 8.15. The first-order chi connectivity index (χ1) is 14.0. The SMILES string of the molecule is CCOC(=O)c1c(-c2ccco2)csc1NC(=O)CSC(=S)N1CCCCC1C. The summed E-state index contributed by atoms with van der Waals surface area (Å²) in [4.78, 5) is 27.2. The van der Waals surface area contributed by atoms with E-state index in [4.69, 9.17) is 21.4 Å². The van der Waals surface area contributed by atoms with Crippen LogP contribution in [0.15, 0.2) is 28.2 Å². The van der Waals surface area contributed by atoms with Crippen molar-refractivity contribution in [2.24, 2.45) is 0 Å². The Hall–Kier alpha value is -1.84. The van der Waals surface area contributed by atoms with Crippen LogP contribution in [-0.4, -0.2) is 46.0 Å². The van der Waals surface area contributed by atoms with Gasteiger partial charge in [0.05, 0.1) is 18.6 Å². The fourth-order valence-electron chi connectivity index (χ4n) is 3.21. The van der Waals surface area contributed by atoms with Crippen molar-refractivity contribution in [2.75, 3.05) is 24.2 Å². The monoisotopic (exact) mass is 452 g/mol. The zero-order valence-corrected chi connectivity index (χ0v) is 18.9. The lowest BCUT2D eigenvalue weighted by atomic mass is 10.1. The highest BCUT2D eigenvalue weighted by Crippen LogP contribution is 2.36. The van der Waals surface area contributed by atoms with Gasteiger partial charge in [-0.2, -0.15) is 0 Å². The zero-order valence-electron chi connectivity index (χ0n) is 16.4. The number of amides is 1. The second kappa shape index (κ2) is 10.3. The van der Waals surface area contributed by atoms with Gasteiger partial charge in [0.25, 0.3) is 0 Å². The molecule has 1 amide bonds. The standard InChI is InChI=1S/C20H24N2O4S3/c1-3-25-19(24)17-14(15-8-6-10-26-15)11-28-18(17)21-16(23)12-29-20(27)22-9-5-4-7-13(22)2/h6,8,10-11,13H,3-5,7,9,12H2,1-2H3,(H,21,23). The molecule has 0 saturated carbocycles. The number of furan rings is 1. The van der Waals surface area contributed by atoms with Crippen molar-refractivity contribution in [1.29, 1.82) is 0 Å². The molecule has 156 valence electrons. The number of nitrogens with one attached hydrogen (secondary N) is 1. The molecule has 2 aromatic rings. The van der Waals surface area contributed by atoms with E-state index in [0.29, 0.717) is 27.9 Å². The lowest BCUT2D eigenvalue weighted by Gasteiger charge is -2.35. The van der Waals surface area contributed by atoms with E-state index in [0.717, 1.165) is 23.7 Å². The van der Waals surface area contributed by atoms with E-state index < -0.39 is 5.97 Å². The molecule has 29 heavy (non-hydrogen) atoms. The lowest BCUT2D eigenvalue weighted by Crippen LogP contribution is -2.40. The van der Waals surface area contributed by atoms with Crippen LogP contribution in [0.2, 0.25) is 0 Å². The third kappa shape index (κ3) is 5.40. The van der Waals surface area contributed by atoms with Crippen molar-refractivity contribution < 1.29 is 18.7 Å². The number of nitrogens with zero attached hydrogens (tertiary/aromatic N) is 1. The number of likely N-dealkylation sites (tertiary alicyclic amines) is 1.